The van der Waals surface area contributed by atoms with Gasteiger partial charge in [-0.25, -0.2) is 0 Å². The standard InChI is InChI=1S/C20H34N4O4/c1-15(20(26)21-18-12-17(27-4)6-7-19(18)28-5)23(3)13-16(25)14-24-10-8-22(2)9-11-24/h6-7,12,15-16,25H,8-11,13-14H2,1-5H3,(H,21,26)/t15-,16-/m1/s1. The number of methoxy groups -OCH3 is 2. The highest BCUT2D eigenvalue weighted by Crippen LogP contribution is 2.29. The lowest BCUT2D eigenvalue weighted by molar-refractivity contribution is -0.120. The Kier molecular flexibility index (Phi) is 8.50. The average Bonchev–Trinajstić information content (AvgIpc) is 2.68. The average molecular weight is 395 g/mol. The molecule has 1 aromatic carbocycles. The number of ether oxygens (including phenoxy) is 2. The summed E-state index contributed by atoms with van der Waals surface area (Å²) in [7, 11) is 7.09. The Hall–Kier alpha value is -1.87. The summed E-state index contributed by atoms with van der Waals surface area (Å²) >= 11 is 0. The number of carbonyl (C=O) groups excluding carboxylic acids is 1. The van der Waals surface area contributed by atoms with Crippen LogP contribution in [0.1, 0.15) is 6.92 Å². The SMILES string of the molecule is COc1ccc(OC)c(NC(=O)[C@@H](C)N(C)C[C@@H](O)CN2CCN(C)CC2)c1. The maximum atomic E-state index is 12.7. The number of aliphatic hydroxyl groups is 1. The van der Waals surface area contributed by atoms with Crippen LogP contribution in [0.25, 0.3) is 0 Å². The van der Waals surface area contributed by atoms with Crippen LogP contribution < -0.4 is 14.8 Å². The molecule has 0 bridgehead atoms. The van der Waals surface area contributed by atoms with Gasteiger partial charge in [0.05, 0.1) is 32.1 Å². The lowest BCUT2D eigenvalue weighted by atomic mass is 10.2. The maximum Gasteiger partial charge on any atom is 0.241 e. The smallest absolute Gasteiger partial charge is 0.241 e. The summed E-state index contributed by atoms with van der Waals surface area (Å²) in [6.45, 7) is 6.83. The van der Waals surface area contributed by atoms with E-state index in [4.69, 9.17) is 9.47 Å². The van der Waals surface area contributed by atoms with Gasteiger partial charge in [0.2, 0.25) is 5.91 Å². The van der Waals surface area contributed by atoms with E-state index in [1.165, 1.54) is 0 Å². The predicted molar refractivity (Wildman–Crippen MR) is 110 cm³/mol. The van der Waals surface area contributed by atoms with Crippen LogP contribution in [0.2, 0.25) is 0 Å². The summed E-state index contributed by atoms with van der Waals surface area (Å²) < 4.78 is 10.5. The van der Waals surface area contributed by atoms with E-state index in [0.29, 0.717) is 30.3 Å². The molecule has 0 spiro atoms. The molecular formula is C20H34N4O4. The van der Waals surface area contributed by atoms with Gasteiger partial charge in [-0.1, -0.05) is 0 Å². The van der Waals surface area contributed by atoms with E-state index < -0.39 is 12.1 Å². The van der Waals surface area contributed by atoms with Gasteiger partial charge in [-0.15, -0.1) is 0 Å². The third-order valence-electron chi connectivity index (χ3n) is 5.27. The fourth-order valence-electron chi connectivity index (χ4n) is 3.23. The normalized spacial score (nSPS) is 18.0. The number of aliphatic hydroxyl groups excluding tert-OH is 1. The highest BCUT2D eigenvalue weighted by Gasteiger charge is 2.23. The highest BCUT2D eigenvalue weighted by atomic mass is 16.5. The molecule has 1 aliphatic heterocycles. The van der Waals surface area contributed by atoms with Gasteiger partial charge < -0.3 is 24.8 Å². The molecule has 1 amide bonds. The third-order valence-corrected chi connectivity index (χ3v) is 5.27. The second kappa shape index (κ2) is 10.6. The molecule has 8 nitrogen and oxygen atoms in total. The lowest BCUT2D eigenvalue weighted by Gasteiger charge is -2.34. The Morgan fingerprint density at radius 1 is 1.25 bits per heavy atom. The van der Waals surface area contributed by atoms with Crippen LogP contribution in [-0.2, 0) is 4.79 Å². The van der Waals surface area contributed by atoms with E-state index in [2.05, 4.69) is 22.2 Å². The van der Waals surface area contributed by atoms with Crippen LogP contribution in [0, 0.1) is 0 Å². The Balaban J connectivity index is 1.88. The molecule has 1 saturated heterocycles. The molecule has 1 aliphatic rings. The molecule has 2 rings (SSSR count). The number of piperazine rings is 1. The summed E-state index contributed by atoms with van der Waals surface area (Å²) in [6.07, 6.45) is -0.505. The molecular weight excluding hydrogens is 360 g/mol. The Labute approximate surface area is 168 Å². The first kappa shape index (κ1) is 22.4. The molecule has 0 saturated carbocycles. The highest BCUT2D eigenvalue weighted by molar-refractivity contribution is 5.96. The Morgan fingerprint density at radius 2 is 1.93 bits per heavy atom. The first-order chi connectivity index (χ1) is 13.3. The molecule has 28 heavy (non-hydrogen) atoms. The number of nitrogens with zero attached hydrogens (tertiary/aromatic N) is 3. The van der Waals surface area contributed by atoms with Crippen molar-refractivity contribution in [1.29, 1.82) is 0 Å². The van der Waals surface area contributed by atoms with E-state index in [1.54, 1.807) is 32.4 Å². The molecule has 1 heterocycles. The zero-order chi connectivity index (χ0) is 20.7. The van der Waals surface area contributed by atoms with Crippen molar-refractivity contribution in [3.63, 3.8) is 0 Å². The summed E-state index contributed by atoms with van der Waals surface area (Å²) in [6, 6.07) is 4.85. The maximum absolute atomic E-state index is 12.7. The van der Waals surface area contributed by atoms with Gasteiger partial charge in [0, 0.05) is 45.3 Å². The molecule has 0 aliphatic carbocycles. The van der Waals surface area contributed by atoms with E-state index in [1.807, 2.05) is 18.9 Å². The quantitative estimate of drug-likeness (QED) is 0.634. The molecule has 0 aromatic heterocycles. The second-order valence-electron chi connectivity index (χ2n) is 7.43. The monoisotopic (exact) mass is 394 g/mol. The van der Waals surface area contributed by atoms with E-state index >= 15 is 0 Å². The first-order valence-corrected chi connectivity index (χ1v) is 9.66. The van der Waals surface area contributed by atoms with Crippen molar-refractivity contribution in [3.05, 3.63) is 18.2 Å². The summed E-state index contributed by atoms with van der Waals surface area (Å²) in [5, 5.41) is 13.3. The summed E-state index contributed by atoms with van der Waals surface area (Å²) in [5.74, 6) is 1.04. The summed E-state index contributed by atoms with van der Waals surface area (Å²) in [5.41, 5.74) is 0.560. The molecule has 2 N–H and O–H groups in total. The van der Waals surface area contributed by atoms with Gasteiger partial charge >= 0.3 is 0 Å². The van der Waals surface area contributed by atoms with Gasteiger partial charge in [0.25, 0.3) is 0 Å². The number of hydrogen-bond acceptors (Lipinski definition) is 7. The Morgan fingerprint density at radius 3 is 2.54 bits per heavy atom. The van der Waals surface area contributed by atoms with Crippen LogP contribution in [0.15, 0.2) is 18.2 Å². The lowest BCUT2D eigenvalue weighted by Crippen LogP contribution is -2.50. The van der Waals surface area contributed by atoms with Gasteiger partial charge in [-0.05, 0) is 33.2 Å². The number of nitrogens with one attached hydrogen (secondary N) is 1. The number of amides is 1. The molecule has 2 atom stereocenters. The minimum atomic E-state index is -0.505. The van der Waals surface area contributed by atoms with E-state index in [9.17, 15) is 9.90 Å². The van der Waals surface area contributed by atoms with E-state index in [0.717, 1.165) is 26.2 Å². The van der Waals surface area contributed by atoms with Gasteiger partial charge in [0.1, 0.15) is 11.5 Å². The minimum absolute atomic E-state index is 0.166. The zero-order valence-corrected chi connectivity index (χ0v) is 17.6. The van der Waals surface area contributed by atoms with Crippen molar-refractivity contribution in [1.82, 2.24) is 14.7 Å². The van der Waals surface area contributed by atoms with Crippen molar-refractivity contribution in [2.75, 3.05) is 72.9 Å². The fourth-order valence-corrected chi connectivity index (χ4v) is 3.23. The second-order valence-corrected chi connectivity index (χ2v) is 7.43. The number of carbonyl (C=O) groups is 1. The molecule has 158 valence electrons. The van der Waals surface area contributed by atoms with Crippen LogP contribution >= 0.6 is 0 Å². The van der Waals surface area contributed by atoms with Crippen molar-refractivity contribution in [3.8, 4) is 11.5 Å². The van der Waals surface area contributed by atoms with Gasteiger partial charge in [0.15, 0.2) is 0 Å². The van der Waals surface area contributed by atoms with Crippen LogP contribution in [0.3, 0.4) is 0 Å². The largest absolute Gasteiger partial charge is 0.497 e. The number of benzene rings is 1. The van der Waals surface area contributed by atoms with Gasteiger partial charge in [-0.3, -0.25) is 14.6 Å². The van der Waals surface area contributed by atoms with Crippen LogP contribution in [0.5, 0.6) is 11.5 Å². The number of hydrogen-bond donors (Lipinski definition) is 2. The number of β-amino-alcohol motifs (C(OH)–C–C–N with tert-alkyl or cyclic N) is 1. The van der Waals surface area contributed by atoms with Crippen LogP contribution in [-0.4, -0.2) is 105 Å². The number of likely N-dealkylation sites (N-methyl/N-ethyl adjacent to an activating group) is 2. The van der Waals surface area contributed by atoms with Crippen LogP contribution in [0.4, 0.5) is 5.69 Å². The van der Waals surface area contributed by atoms with Crippen molar-refractivity contribution >= 4 is 11.6 Å². The predicted octanol–water partition coefficient (Wildman–Crippen LogP) is 0.571. The molecule has 1 aromatic rings. The Bertz CT molecular complexity index is 635. The van der Waals surface area contributed by atoms with Crippen molar-refractivity contribution < 1.29 is 19.4 Å². The molecule has 1 fully saturated rings. The van der Waals surface area contributed by atoms with E-state index in [-0.39, 0.29) is 5.91 Å². The molecule has 0 radical (unpaired) electrons. The topological polar surface area (TPSA) is 77.5 Å². The number of rotatable bonds is 9. The number of anilines is 1. The van der Waals surface area contributed by atoms with Crippen molar-refractivity contribution in [2.45, 2.75) is 19.1 Å². The van der Waals surface area contributed by atoms with Gasteiger partial charge in [-0.2, -0.15) is 0 Å². The molecule has 0 unspecified atom stereocenters. The summed E-state index contributed by atoms with van der Waals surface area (Å²) in [4.78, 5) is 19.1. The minimum Gasteiger partial charge on any atom is -0.497 e. The third kappa shape index (κ3) is 6.34. The molecule has 8 heteroatoms. The zero-order valence-electron chi connectivity index (χ0n) is 17.6. The van der Waals surface area contributed by atoms with Crippen molar-refractivity contribution in [2.24, 2.45) is 0 Å². The fraction of sp³-hybridized carbons (Fsp3) is 0.650. The first-order valence-electron chi connectivity index (χ1n) is 9.66.